The van der Waals surface area contributed by atoms with E-state index >= 15 is 0 Å². The first-order valence-electron chi connectivity index (χ1n) is 6.69. The highest BCUT2D eigenvalue weighted by molar-refractivity contribution is 5.19. The highest BCUT2D eigenvalue weighted by Crippen LogP contribution is 2.24. The zero-order valence-corrected chi connectivity index (χ0v) is 11.2. The monoisotopic (exact) mass is 249 g/mol. The predicted molar refractivity (Wildman–Crippen MR) is 72.4 cm³/mol. The van der Waals surface area contributed by atoms with Gasteiger partial charge in [0.15, 0.2) is 0 Å². The number of hydrogen-bond acceptors (Lipinski definition) is 3. The molecule has 3 heteroatoms. The van der Waals surface area contributed by atoms with Gasteiger partial charge in [0.25, 0.3) is 0 Å². The first-order valence-corrected chi connectivity index (χ1v) is 6.69. The van der Waals surface area contributed by atoms with E-state index in [1.807, 2.05) is 6.07 Å². The second-order valence-corrected chi connectivity index (χ2v) is 5.54. The fourth-order valence-corrected chi connectivity index (χ4v) is 2.43. The van der Waals surface area contributed by atoms with Gasteiger partial charge in [0.1, 0.15) is 5.60 Å². The van der Waals surface area contributed by atoms with E-state index in [0.29, 0.717) is 25.7 Å². The van der Waals surface area contributed by atoms with Crippen LogP contribution in [0.15, 0.2) is 30.3 Å². The molecule has 0 aromatic heterocycles. The molecule has 1 heterocycles. The zero-order valence-electron chi connectivity index (χ0n) is 11.2. The Morgan fingerprint density at radius 2 is 2.06 bits per heavy atom. The van der Waals surface area contributed by atoms with Crippen molar-refractivity contribution in [1.82, 2.24) is 5.32 Å². The summed E-state index contributed by atoms with van der Waals surface area (Å²) < 4.78 is 5.27. The molecule has 100 valence electrons. The quantitative estimate of drug-likeness (QED) is 0.840. The van der Waals surface area contributed by atoms with Gasteiger partial charge in [-0.3, -0.25) is 0 Å². The van der Waals surface area contributed by atoms with Crippen molar-refractivity contribution >= 4 is 0 Å². The van der Waals surface area contributed by atoms with Crippen LogP contribution in [0.4, 0.5) is 0 Å². The third kappa shape index (κ3) is 3.31. The van der Waals surface area contributed by atoms with Crippen LogP contribution in [0.1, 0.15) is 31.9 Å². The van der Waals surface area contributed by atoms with E-state index in [2.05, 4.69) is 43.4 Å². The van der Waals surface area contributed by atoms with Gasteiger partial charge in [-0.15, -0.1) is 0 Å². The molecule has 1 aromatic carbocycles. The number of hydrogen-bond donors (Lipinski definition) is 2. The van der Waals surface area contributed by atoms with Crippen molar-refractivity contribution in [2.24, 2.45) is 5.92 Å². The molecule has 0 radical (unpaired) electrons. The Balaban J connectivity index is 1.99. The summed E-state index contributed by atoms with van der Waals surface area (Å²) in [6, 6.07) is 10.7. The molecule has 1 aromatic rings. The molecular formula is C15H23NO2. The smallest absolute Gasteiger partial charge is 0.103 e. The number of benzene rings is 1. The summed E-state index contributed by atoms with van der Waals surface area (Å²) in [7, 11) is 0. The molecule has 2 atom stereocenters. The number of ether oxygens (including phenoxy) is 1. The standard InChI is InChI=1S/C15H23NO2/c1-12(2)14(13-6-4-3-5-7-13)16-10-15(17)8-9-18-11-15/h3-7,12,14,16-17H,8-11H2,1-2H3/t14-,15-/m0/s1. The lowest BCUT2D eigenvalue weighted by Crippen LogP contribution is -2.43. The molecule has 2 rings (SSSR count). The van der Waals surface area contributed by atoms with Gasteiger partial charge in [-0.1, -0.05) is 44.2 Å². The van der Waals surface area contributed by atoms with E-state index in [1.165, 1.54) is 5.56 Å². The summed E-state index contributed by atoms with van der Waals surface area (Å²) in [4.78, 5) is 0. The summed E-state index contributed by atoms with van der Waals surface area (Å²) >= 11 is 0. The molecular weight excluding hydrogens is 226 g/mol. The molecule has 0 aliphatic carbocycles. The van der Waals surface area contributed by atoms with Crippen LogP contribution < -0.4 is 5.32 Å². The highest BCUT2D eigenvalue weighted by Gasteiger charge is 2.33. The Morgan fingerprint density at radius 1 is 1.33 bits per heavy atom. The Kier molecular flexibility index (Phi) is 4.38. The van der Waals surface area contributed by atoms with Gasteiger partial charge in [0.2, 0.25) is 0 Å². The molecule has 2 N–H and O–H groups in total. The third-order valence-electron chi connectivity index (χ3n) is 3.56. The van der Waals surface area contributed by atoms with E-state index in [9.17, 15) is 5.11 Å². The van der Waals surface area contributed by atoms with Crippen LogP contribution in [-0.2, 0) is 4.74 Å². The number of nitrogens with one attached hydrogen (secondary N) is 1. The van der Waals surface area contributed by atoms with Crippen molar-refractivity contribution in [3.8, 4) is 0 Å². The van der Waals surface area contributed by atoms with Crippen molar-refractivity contribution < 1.29 is 9.84 Å². The first-order chi connectivity index (χ1) is 8.61. The Morgan fingerprint density at radius 3 is 2.61 bits per heavy atom. The van der Waals surface area contributed by atoms with Gasteiger partial charge in [0.05, 0.1) is 6.61 Å². The van der Waals surface area contributed by atoms with E-state index in [0.717, 1.165) is 6.42 Å². The zero-order chi connectivity index (χ0) is 13.0. The van der Waals surface area contributed by atoms with Crippen molar-refractivity contribution in [1.29, 1.82) is 0 Å². The maximum atomic E-state index is 10.3. The number of aliphatic hydroxyl groups is 1. The van der Waals surface area contributed by atoms with Crippen LogP contribution >= 0.6 is 0 Å². The second kappa shape index (κ2) is 5.83. The Bertz CT molecular complexity index is 358. The SMILES string of the molecule is CC(C)[C@H](NC[C@@]1(O)CCOC1)c1ccccc1. The van der Waals surface area contributed by atoms with Crippen LogP contribution in [0.3, 0.4) is 0 Å². The lowest BCUT2D eigenvalue weighted by molar-refractivity contribution is 0.0235. The van der Waals surface area contributed by atoms with E-state index < -0.39 is 5.60 Å². The Hall–Kier alpha value is -0.900. The molecule has 0 unspecified atom stereocenters. The summed E-state index contributed by atoms with van der Waals surface area (Å²) in [5.74, 6) is 0.485. The van der Waals surface area contributed by atoms with E-state index in [4.69, 9.17) is 4.74 Å². The van der Waals surface area contributed by atoms with Gasteiger partial charge in [-0.25, -0.2) is 0 Å². The van der Waals surface area contributed by atoms with Gasteiger partial charge < -0.3 is 15.2 Å². The normalized spacial score (nSPS) is 25.6. The van der Waals surface area contributed by atoms with Gasteiger partial charge >= 0.3 is 0 Å². The molecule has 1 aliphatic heterocycles. The van der Waals surface area contributed by atoms with Crippen LogP contribution in [0.25, 0.3) is 0 Å². The summed E-state index contributed by atoms with van der Waals surface area (Å²) in [5.41, 5.74) is 0.581. The van der Waals surface area contributed by atoms with E-state index in [-0.39, 0.29) is 6.04 Å². The van der Waals surface area contributed by atoms with Gasteiger partial charge in [-0.05, 0) is 11.5 Å². The lowest BCUT2D eigenvalue weighted by Gasteiger charge is -2.28. The van der Waals surface area contributed by atoms with Gasteiger partial charge in [0, 0.05) is 25.6 Å². The molecule has 18 heavy (non-hydrogen) atoms. The van der Waals surface area contributed by atoms with E-state index in [1.54, 1.807) is 0 Å². The average Bonchev–Trinajstić information content (AvgIpc) is 2.78. The van der Waals surface area contributed by atoms with Gasteiger partial charge in [-0.2, -0.15) is 0 Å². The molecule has 1 fully saturated rings. The van der Waals surface area contributed by atoms with Crippen LogP contribution in [0.5, 0.6) is 0 Å². The maximum absolute atomic E-state index is 10.3. The predicted octanol–water partition coefficient (Wildman–Crippen LogP) is 2.12. The minimum atomic E-state index is -0.693. The minimum absolute atomic E-state index is 0.274. The second-order valence-electron chi connectivity index (χ2n) is 5.54. The third-order valence-corrected chi connectivity index (χ3v) is 3.56. The van der Waals surface area contributed by atoms with Crippen LogP contribution in [0.2, 0.25) is 0 Å². The highest BCUT2D eigenvalue weighted by atomic mass is 16.5. The maximum Gasteiger partial charge on any atom is 0.103 e. The molecule has 0 amide bonds. The fourth-order valence-electron chi connectivity index (χ4n) is 2.43. The fraction of sp³-hybridized carbons (Fsp3) is 0.600. The minimum Gasteiger partial charge on any atom is -0.386 e. The summed E-state index contributed by atoms with van der Waals surface area (Å²) in [6.45, 7) is 6.08. The first kappa shape index (κ1) is 13.5. The summed E-state index contributed by atoms with van der Waals surface area (Å²) in [6.07, 6.45) is 0.722. The number of rotatable bonds is 5. The molecule has 0 saturated carbocycles. The van der Waals surface area contributed by atoms with Crippen LogP contribution in [0, 0.1) is 5.92 Å². The van der Waals surface area contributed by atoms with Crippen molar-refractivity contribution in [2.75, 3.05) is 19.8 Å². The molecule has 3 nitrogen and oxygen atoms in total. The van der Waals surface area contributed by atoms with Crippen LogP contribution in [-0.4, -0.2) is 30.5 Å². The Labute approximate surface area is 109 Å². The molecule has 1 aliphatic rings. The molecule has 0 spiro atoms. The topological polar surface area (TPSA) is 41.5 Å². The molecule has 0 bridgehead atoms. The summed E-state index contributed by atoms with van der Waals surface area (Å²) in [5, 5.41) is 13.8. The van der Waals surface area contributed by atoms with Crippen molar-refractivity contribution in [3.05, 3.63) is 35.9 Å². The molecule has 1 saturated heterocycles. The lowest BCUT2D eigenvalue weighted by atomic mass is 9.94. The largest absolute Gasteiger partial charge is 0.386 e. The van der Waals surface area contributed by atoms with Crippen molar-refractivity contribution in [2.45, 2.75) is 31.9 Å². The van der Waals surface area contributed by atoms with Crippen molar-refractivity contribution in [3.63, 3.8) is 0 Å². The average molecular weight is 249 g/mol.